The largest absolute Gasteiger partial charge is 0.497 e. The van der Waals surface area contributed by atoms with E-state index in [0.717, 1.165) is 71.2 Å². The molecule has 1 aliphatic rings. The molecule has 188 valence electrons. The molecule has 0 unspecified atom stereocenters. The fourth-order valence-electron chi connectivity index (χ4n) is 4.95. The van der Waals surface area contributed by atoms with Crippen molar-refractivity contribution < 1.29 is 14.6 Å². The van der Waals surface area contributed by atoms with Crippen LogP contribution in [0.5, 0.6) is 5.75 Å². The molecule has 10 heteroatoms. The summed E-state index contributed by atoms with van der Waals surface area (Å²) in [6, 6.07) is 5.45. The van der Waals surface area contributed by atoms with E-state index in [9.17, 15) is 9.90 Å². The molecule has 0 amide bonds. The van der Waals surface area contributed by atoms with E-state index in [1.54, 1.807) is 36.4 Å². The minimum Gasteiger partial charge on any atom is -0.497 e. The number of hydrogen-bond donors (Lipinski definition) is 2. The van der Waals surface area contributed by atoms with Crippen molar-refractivity contribution in [1.29, 1.82) is 0 Å². The van der Waals surface area contributed by atoms with Crippen LogP contribution in [0.3, 0.4) is 0 Å². The molecule has 0 aliphatic carbocycles. The number of methoxy groups -OCH3 is 1. The number of thiazole rings is 1. The Kier molecular flexibility index (Phi) is 9.24. The van der Waals surface area contributed by atoms with Crippen molar-refractivity contribution in [3.05, 3.63) is 46.6 Å². The smallest absolute Gasteiger partial charge is 0.303 e. The zero-order valence-corrected chi connectivity index (χ0v) is 22.1. The van der Waals surface area contributed by atoms with E-state index < -0.39 is 5.97 Å². The monoisotopic (exact) mass is 534 g/mol. The quantitative estimate of drug-likeness (QED) is 0.318. The maximum atomic E-state index is 11.6. The highest BCUT2D eigenvalue weighted by Gasteiger charge is 2.31. The van der Waals surface area contributed by atoms with Gasteiger partial charge in [-0.05, 0) is 61.4 Å². The summed E-state index contributed by atoms with van der Waals surface area (Å²) in [5.74, 6) is 1.39. The summed E-state index contributed by atoms with van der Waals surface area (Å²) in [7, 11) is 1.63. The lowest BCUT2D eigenvalue weighted by atomic mass is 9.79. The van der Waals surface area contributed by atoms with Crippen molar-refractivity contribution in [2.75, 3.05) is 32.5 Å². The Balaban J connectivity index is 1.39. The zero-order chi connectivity index (χ0) is 24.8. The first-order valence-corrected chi connectivity index (χ1v) is 14.0. The molecule has 1 fully saturated rings. The Bertz CT molecular complexity index is 1130. The SMILES string of the molecule is COc1ccc2ncc(Cl)c([C@@H](N)CC[C@@H]3CCN(CCSc4nccs4)C[C@H]3CC(=O)O)c2c1. The van der Waals surface area contributed by atoms with Gasteiger partial charge in [-0.2, -0.15) is 0 Å². The number of thioether (sulfide) groups is 1. The van der Waals surface area contributed by atoms with Crippen LogP contribution in [0.1, 0.15) is 37.3 Å². The number of piperidine rings is 1. The topological polar surface area (TPSA) is 102 Å². The summed E-state index contributed by atoms with van der Waals surface area (Å²) in [6.45, 7) is 2.72. The number of halogens is 1. The van der Waals surface area contributed by atoms with Gasteiger partial charge in [0.15, 0.2) is 0 Å². The van der Waals surface area contributed by atoms with Crippen LogP contribution in [0.15, 0.2) is 40.3 Å². The third-order valence-electron chi connectivity index (χ3n) is 6.74. The molecule has 3 heterocycles. The van der Waals surface area contributed by atoms with Crippen LogP contribution < -0.4 is 10.5 Å². The van der Waals surface area contributed by atoms with E-state index in [2.05, 4.69) is 14.9 Å². The molecular formula is C25H31ClN4O3S2. The number of aliphatic carboxylic acids is 1. The molecule has 2 aromatic heterocycles. The molecule has 1 aliphatic heterocycles. The van der Waals surface area contributed by atoms with Crippen molar-refractivity contribution in [2.45, 2.75) is 36.1 Å². The minimum absolute atomic E-state index is 0.114. The Morgan fingerprint density at radius 3 is 3.00 bits per heavy atom. The molecule has 3 aromatic rings. The number of carboxylic acid groups (broad SMARTS) is 1. The maximum Gasteiger partial charge on any atom is 0.303 e. The molecule has 4 rings (SSSR count). The number of aromatic nitrogens is 2. The van der Waals surface area contributed by atoms with Gasteiger partial charge in [-0.25, -0.2) is 4.98 Å². The van der Waals surface area contributed by atoms with Gasteiger partial charge < -0.3 is 20.5 Å². The highest BCUT2D eigenvalue weighted by molar-refractivity contribution is 8.01. The fourth-order valence-corrected chi connectivity index (χ4v) is 6.95. The number of carboxylic acids is 1. The second-order valence-electron chi connectivity index (χ2n) is 8.94. The molecule has 0 spiro atoms. The number of carbonyl (C=O) groups is 1. The summed E-state index contributed by atoms with van der Waals surface area (Å²) < 4.78 is 6.47. The van der Waals surface area contributed by atoms with Crippen molar-refractivity contribution in [3.8, 4) is 5.75 Å². The van der Waals surface area contributed by atoms with E-state index in [0.29, 0.717) is 10.9 Å². The molecule has 1 saturated heterocycles. The van der Waals surface area contributed by atoms with Crippen LogP contribution in [-0.4, -0.2) is 58.4 Å². The van der Waals surface area contributed by atoms with Crippen LogP contribution in [0, 0.1) is 11.8 Å². The predicted octanol–water partition coefficient (Wildman–Crippen LogP) is 5.34. The fraction of sp³-hybridized carbons (Fsp3) is 0.480. The van der Waals surface area contributed by atoms with Gasteiger partial charge in [0.25, 0.3) is 0 Å². The van der Waals surface area contributed by atoms with Crippen molar-refractivity contribution in [1.82, 2.24) is 14.9 Å². The lowest BCUT2D eigenvalue weighted by molar-refractivity contribution is -0.139. The molecule has 0 radical (unpaired) electrons. The summed E-state index contributed by atoms with van der Waals surface area (Å²) in [5.41, 5.74) is 8.37. The van der Waals surface area contributed by atoms with Crippen LogP contribution in [-0.2, 0) is 4.79 Å². The number of hydrogen-bond acceptors (Lipinski definition) is 8. The van der Waals surface area contributed by atoms with E-state index in [1.165, 1.54) is 0 Å². The second-order valence-corrected chi connectivity index (χ2v) is 11.6. The third-order valence-corrected chi connectivity index (χ3v) is 8.99. The van der Waals surface area contributed by atoms with Crippen molar-refractivity contribution in [3.63, 3.8) is 0 Å². The second kappa shape index (κ2) is 12.4. The van der Waals surface area contributed by atoms with Crippen LogP contribution >= 0.6 is 34.7 Å². The highest BCUT2D eigenvalue weighted by Crippen LogP contribution is 2.36. The van der Waals surface area contributed by atoms with E-state index in [-0.39, 0.29) is 18.4 Å². The number of benzene rings is 1. The number of ether oxygens (including phenoxy) is 1. The summed E-state index contributed by atoms with van der Waals surface area (Å²) in [6.07, 6.45) is 6.24. The first-order valence-electron chi connectivity index (χ1n) is 11.8. The summed E-state index contributed by atoms with van der Waals surface area (Å²) in [4.78, 5) is 22.7. The Labute approximate surface area is 219 Å². The number of nitrogens with zero attached hydrogens (tertiary/aromatic N) is 3. The van der Waals surface area contributed by atoms with Gasteiger partial charge in [-0.1, -0.05) is 23.4 Å². The summed E-state index contributed by atoms with van der Waals surface area (Å²) >= 11 is 9.96. The molecule has 35 heavy (non-hydrogen) atoms. The van der Waals surface area contributed by atoms with Gasteiger partial charge in [-0.15, -0.1) is 11.3 Å². The Morgan fingerprint density at radius 1 is 1.40 bits per heavy atom. The van der Waals surface area contributed by atoms with Gasteiger partial charge >= 0.3 is 5.97 Å². The van der Waals surface area contributed by atoms with Crippen LogP contribution in [0.4, 0.5) is 0 Å². The minimum atomic E-state index is -0.737. The molecule has 0 bridgehead atoms. The van der Waals surface area contributed by atoms with Gasteiger partial charge in [0.1, 0.15) is 10.1 Å². The lowest BCUT2D eigenvalue weighted by Gasteiger charge is -2.38. The standard InChI is InChI=1S/C25H31ClN4O3S2/c1-33-18-3-5-22-19(13-18)24(20(26)14-29-22)21(27)4-2-16-6-8-30(15-17(16)12-23(31)32)9-11-35-25-28-7-10-34-25/h3,5,7,10,13-14,16-17,21H,2,4,6,8-9,11-12,15,27H2,1H3,(H,31,32)/t16-,17-,21+/m1/s1. The van der Waals surface area contributed by atoms with Gasteiger partial charge in [0, 0.05) is 54.5 Å². The predicted molar refractivity (Wildman–Crippen MR) is 143 cm³/mol. The lowest BCUT2D eigenvalue weighted by Crippen LogP contribution is -2.42. The highest BCUT2D eigenvalue weighted by atomic mass is 35.5. The first-order chi connectivity index (χ1) is 16.9. The number of pyridine rings is 1. The zero-order valence-electron chi connectivity index (χ0n) is 19.7. The maximum absolute atomic E-state index is 11.6. The van der Waals surface area contributed by atoms with Crippen LogP contribution in [0.2, 0.25) is 5.02 Å². The normalized spacial score (nSPS) is 19.6. The van der Waals surface area contributed by atoms with Crippen molar-refractivity contribution in [2.24, 2.45) is 17.6 Å². The molecule has 3 N–H and O–H groups in total. The third kappa shape index (κ3) is 6.86. The Hall–Kier alpha value is -1.91. The van der Waals surface area contributed by atoms with E-state index >= 15 is 0 Å². The number of likely N-dealkylation sites (tertiary alicyclic amines) is 1. The number of rotatable bonds is 11. The van der Waals surface area contributed by atoms with Crippen molar-refractivity contribution >= 4 is 51.6 Å². The van der Waals surface area contributed by atoms with Crippen LogP contribution in [0.25, 0.3) is 10.9 Å². The molecule has 3 atom stereocenters. The first kappa shape index (κ1) is 26.2. The summed E-state index contributed by atoms with van der Waals surface area (Å²) in [5, 5.41) is 13.0. The van der Waals surface area contributed by atoms with Gasteiger partial charge in [-0.3, -0.25) is 9.78 Å². The Morgan fingerprint density at radius 2 is 2.26 bits per heavy atom. The van der Waals surface area contributed by atoms with Gasteiger partial charge in [0.05, 0.1) is 17.6 Å². The average molecular weight is 535 g/mol. The van der Waals surface area contributed by atoms with E-state index in [1.807, 2.05) is 29.8 Å². The number of nitrogens with two attached hydrogens (primary N) is 1. The average Bonchev–Trinajstić information content (AvgIpc) is 3.36. The molecule has 0 saturated carbocycles. The van der Waals surface area contributed by atoms with E-state index in [4.69, 9.17) is 22.1 Å². The van der Waals surface area contributed by atoms with Gasteiger partial charge in [0.2, 0.25) is 0 Å². The molecular weight excluding hydrogens is 504 g/mol. The molecule has 1 aromatic carbocycles. The molecule has 7 nitrogen and oxygen atoms in total. The number of fused-ring (bicyclic) bond motifs is 1.